The zero-order chi connectivity index (χ0) is 21.5. The second-order valence-electron chi connectivity index (χ2n) is 8.06. The fraction of sp³-hybridized carbons (Fsp3) is 0.250. The second kappa shape index (κ2) is 7.89. The van der Waals surface area contributed by atoms with E-state index in [9.17, 15) is 13.6 Å². The molecule has 2 aromatic heterocycles. The fourth-order valence-corrected chi connectivity index (χ4v) is 4.86. The molecule has 3 heterocycles. The third-order valence-corrected chi connectivity index (χ3v) is 6.78. The van der Waals surface area contributed by atoms with Gasteiger partial charge in [0.05, 0.1) is 11.0 Å². The van der Waals surface area contributed by atoms with Gasteiger partial charge in [-0.25, -0.2) is 13.8 Å². The molecule has 7 heteroatoms. The van der Waals surface area contributed by atoms with Crippen LogP contribution in [0.2, 0.25) is 0 Å². The lowest BCUT2D eigenvalue weighted by Crippen LogP contribution is -2.50. The predicted octanol–water partition coefficient (Wildman–Crippen LogP) is 4.82. The summed E-state index contributed by atoms with van der Waals surface area (Å²) in [6.45, 7) is 1.14. The molecule has 1 aliphatic heterocycles. The molecule has 0 radical (unpaired) electrons. The lowest BCUT2D eigenvalue weighted by atomic mass is 9.91. The first-order valence-corrected chi connectivity index (χ1v) is 11.1. The van der Waals surface area contributed by atoms with Crippen LogP contribution in [0.5, 0.6) is 0 Å². The summed E-state index contributed by atoms with van der Waals surface area (Å²) < 4.78 is 29.0. The highest BCUT2D eigenvalue weighted by molar-refractivity contribution is 7.09. The summed E-state index contributed by atoms with van der Waals surface area (Å²) in [6, 6.07) is 13.4. The summed E-state index contributed by atoms with van der Waals surface area (Å²) in [4.78, 5) is 20.7. The maximum Gasteiger partial charge on any atom is 0.253 e. The van der Waals surface area contributed by atoms with Gasteiger partial charge in [0, 0.05) is 43.1 Å². The number of imidazole rings is 1. The van der Waals surface area contributed by atoms with Crippen molar-refractivity contribution in [2.24, 2.45) is 13.0 Å². The number of amides is 1. The molecule has 0 spiro atoms. The summed E-state index contributed by atoms with van der Waals surface area (Å²) in [5.41, 5.74) is 2.91. The molecular formula is C24H21F2N3OS. The van der Waals surface area contributed by atoms with Gasteiger partial charge >= 0.3 is 0 Å². The summed E-state index contributed by atoms with van der Waals surface area (Å²) >= 11 is 1.70. The van der Waals surface area contributed by atoms with Crippen LogP contribution in [0.15, 0.2) is 53.9 Å². The van der Waals surface area contributed by atoms with Crippen LogP contribution in [-0.2, 0) is 19.9 Å². The number of carbonyl (C=O) groups excluding carboxylic acids is 1. The molecule has 158 valence electrons. The Morgan fingerprint density at radius 3 is 2.74 bits per heavy atom. The standard InChI is InChI=1S/C24H21F2N3OS/c1-28-22-7-5-17(10-21(22)27-23(28)12-19-3-2-8-31-19)24(30)29-13-15(14-29)9-16-4-6-18(25)11-20(16)26/h2-8,10-11,15H,9,12-14H2,1H3. The Bertz CT molecular complexity index is 1260. The van der Waals surface area contributed by atoms with E-state index in [-0.39, 0.29) is 11.8 Å². The van der Waals surface area contributed by atoms with E-state index >= 15 is 0 Å². The molecule has 1 amide bonds. The first-order chi connectivity index (χ1) is 15.0. The van der Waals surface area contributed by atoms with Gasteiger partial charge in [0.2, 0.25) is 0 Å². The largest absolute Gasteiger partial charge is 0.338 e. The van der Waals surface area contributed by atoms with Crippen LogP contribution in [0.1, 0.15) is 26.6 Å². The summed E-state index contributed by atoms with van der Waals surface area (Å²) in [6.07, 6.45) is 1.27. The highest BCUT2D eigenvalue weighted by Gasteiger charge is 2.32. The number of aromatic nitrogens is 2. The van der Waals surface area contributed by atoms with Crippen LogP contribution in [0.4, 0.5) is 8.78 Å². The summed E-state index contributed by atoms with van der Waals surface area (Å²) in [5.74, 6) is 0.00863. The van der Waals surface area contributed by atoms with Crippen LogP contribution in [-0.4, -0.2) is 33.4 Å². The van der Waals surface area contributed by atoms with Crippen molar-refractivity contribution >= 4 is 28.3 Å². The van der Waals surface area contributed by atoms with Crippen LogP contribution >= 0.6 is 11.3 Å². The zero-order valence-electron chi connectivity index (χ0n) is 17.0. The Morgan fingerprint density at radius 1 is 1.16 bits per heavy atom. The molecule has 1 fully saturated rings. The van der Waals surface area contributed by atoms with Gasteiger partial charge in [0.25, 0.3) is 5.91 Å². The molecule has 0 N–H and O–H groups in total. The highest BCUT2D eigenvalue weighted by atomic mass is 32.1. The van der Waals surface area contributed by atoms with Crippen molar-refractivity contribution in [2.45, 2.75) is 12.8 Å². The van der Waals surface area contributed by atoms with Gasteiger partial charge in [-0.15, -0.1) is 11.3 Å². The van der Waals surface area contributed by atoms with Crippen molar-refractivity contribution in [3.8, 4) is 0 Å². The van der Waals surface area contributed by atoms with Crippen LogP contribution in [0.3, 0.4) is 0 Å². The van der Waals surface area contributed by atoms with E-state index in [0.717, 1.165) is 29.3 Å². The van der Waals surface area contributed by atoms with Gasteiger partial charge in [-0.2, -0.15) is 0 Å². The predicted molar refractivity (Wildman–Crippen MR) is 117 cm³/mol. The smallest absolute Gasteiger partial charge is 0.253 e. The summed E-state index contributed by atoms with van der Waals surface area (Å²) in [7, 11) is 1.99. The zero-order valence-corrected chi connectivity index (χ0v) is 17.8. The van der Waals surface area contributed by atoms with E-state index in [4.69, 9.17) is 4.98 Å². The number of hydrogen-bond acceptors (Lipinski definition) is 3. The van der Waals surface area contributed by atoms with Gasteiger partial charge in [-0.3, -0.25) is 4.79 Å². The lowest BCUT2D eigenvalue weighted by molar-refractivity contribution is 0.0500. The number of benzene rings is 2. The number of thiophene rings is 1. The third-order valence-electron chi connectivity index (χ3n) is 5.90. The number of rotatable bonds is 5. The Morgan fingerprint density at radius 2 is 2.00 bits per heavy atom. The van der Waals surface area contributed by atoms with Crippen molar-refractivity contribution in [3.63, 3.8) is 0 Å². The van der Waals surface area contributed by atoms with Crippen molar-refractivity contribution < 1.29 is 13.6 Å². The maximum atomic E-state index is 13.9. The molecule has 4 nitrogen and oxygen atoms in total. The molecule has 0 atom stereocenters. The molecule has 0 bridgehead atoms. The van der Waals surface area contributed by atoms with Gasteiger partial charge in [-0.1, -0.05) is 12.1 Å². The number of aryl methyl sites for hydroxylation is 1. The minimum absolute atomic E-state index is 0.0387. The molecule has 1 saturated heterocycles. The van der Waals surface area contributed by atoms with E-state index in [0.29, 0.717) is 30.6 Å². The number of hydrogen-bond donors (Lipinski definition) is 0. The van der Waals surface area contributed by atoms with Crippen LogP contribution in [0, 0.1) is 17.6 Å². The molecule has 4 aromatic rings. The average Bonchev–Trinajstić information content (AvgIpc) is 3.33. The molecular weight excluding hydrogens is 416 g/mol. The number of halogens is 2. The third kappa shape index (κ3) is 3.85. The van der Waals surface area contributed by atoms with Crippen molar-refractivity contribution in [1.82, 2.24) is 14.5 Å². The van der Waals surface area contributed by atoms with Gasteiger partial charge < -0.3 is 9.47 Å². The van der Waals surface area contributed by atoms with E-state index in [1.54, 1.807) is 16.2 Å². The van der Waals surface area contributed by atoms with Gasteiger partial charge in [-0.05, 0) is 53.6 Å². The Labute approximate surface area is 182 Å². The molecule has 5 rings (SSSR count). The van der Waals surface area contributed by atoms with Gasteiger partial charge in [0.1, 0.15) is 17.5 Å². The minimum Gasteiger partial charge on any atom is -0.338 e. The number of carbonyl (C=O) groups is 1. The van der Waals surface area contributed by atoms with Gasteiger partial charge in [0.15, 0.2) is 0 Å². The summed E-state index contributed by atoms with van der Waals surface area (Å²) in [5, 5.41) is 2.06. The van der Waals surface area contributed by atoms with E-state index in [1.165, 1.54) is 17.0 Å². The minimum atomic E-state index is -0.574. The molecule has 0 unspecified atom stereocenters. The maximum absolute atomic E-state index is 13.9. The second-order valence-corrected chi connectivity index (χ2v) is 9.09. The highest BCUT2D eigenvalue weighted by Crippen LogP contribution is 2.26. The molecule has 2 aromatic carbocycles. The number of fused-ring (bicyclic) bond motifs is 1. The first-order valence-electron chi connectivity index (χ1n) is 10.2. The average molecular weight is 438 g/mol. The molecule has 31 heavy (non-hydrogen) atoms. The quantitative estimate of drug-likeness (QED) is 0.449. The van der Waals surface area contributed by atoms with E-state index in [2.05, 4.69) is 16.0 Å². The molecule has 0 aliphatic carbocycles. The topological polar surface area (TPSA) is 38.1 Å². The van der Waals surface area contributed by atoms with Crippen molar-refractivity contribution in [3.05, 3.63) is 87.4 Å². The lowest BCUT2D eigenvalue weighted by Gasteiger charge is -2.39. The first kappa shape index (κ1) is 19.9. The normalized spacial score (nSPS) is 14.2. The number of nitrogens with zero attached hydrogens (tertiary/aromatic N) is 3. The number of likely N-dealkylation sites (tertiary alicyclic amines) is 1. The van der Waals surface area contributed by atoms with Crippen LogP contribution in [0.25, 0.3) is 11.0 Å². The van der Waals surface area contributed by atoms with E-state index in [1.807, 2.05) is 31.3 Å². The SMILES string of the molecule is Cn1c(Cc2cccs2)nc2cc(C(=O)N3CC(Cc4ccc(F)cc4F)C3)ccc21. The van der Waals surface area contributed by atoms with E-state index < -0.39 is 11.6 Å². The Balaban J connectivity index is 1.27. The van der Waals surface area contributed by atoms with Crippen LogP contribution < -0.4 is 0 Å². The molecule has 0 saturated carbocycles. The van der Waals surface area contributed by atoms with Crippen molar-refractivity contribution in [1.29, 1.82) is 0 Å². The Hall–Kier alpha value is -3.06. The molecule has 1 aliphatic rings. The fourth-order valence-electron chi connectivity index (χ4n) is 4.16. The monoisotopic (exact) mass is 437 g/mol. The Kier molecular flexibility index (Phi) is 5.06. The van der Waals surface area contributed by atoms with Crippen molar-refractivity contribution in [2.75, 3.05) is 13.1 Å².